The third-order valence-electron chi connectivity index (χ3n) is 9.55. The maximum Gasteiger partial charge on any atom is 5.00 e. The summed E-state index contributed by atoms with van der Waals surface area (Å²) in [7, 11) is 0. The van der Waals surface area contributed by atoms with Crippen molar-refractivity contribution in [2.24, 2.45) is 0 Å². The zero-order valence-electron chi connectivity index (χ0n) is 32.1. The minimum absolute atomic E-state index is 0. The normalized spacial score (nSPS) is 9.97. The third-order valence-corrected chi connectivity index (χ3v) is 9.55. The molecule has 0 aliphatic carbocycles. The summed E-state index contributed by atoms with van der Waals surface area (Å²) in [5, 5.41) is 37.7. The Morgan fingerprint density at radius 2 is 0.322 bits per heavy atom. The van der Waals surface area contributed by atoms with E-state index in [4.69, 9.17) is 0 Å². The van der Waals surface area contributed by atoms with Crippen LogP contribution in [-0.2, 0) is 27.9 Å². The van der Waals surface area contributed by atoms with Gasteiger partial charge in [0, 0.05) is 0 Å². The first-order valence-electron chi connectivity index (χ1n) is 18.8. The molecule has 9 rings (SSSR count). The monoisotopic (exact) mass is 844 g/mol. The second kappa shape index (κ2) is 21.6. The van der Waals surface area contributed by atoms with E-state index in [0.717, 1.165) is 66.8 Å². The summed E-state index contributed by atoms with van der Waals surface area (Å²) in [6.45, 7) is 0. The summed E-state index contributed by atoms with van der Waals surface area (Å²) in [4.78, 5) is 0. The van der Waals surface area contributed by atoms with Crippen LogP contribution >= 0.6 is 0 Å². The van der Waals surface area contributed by atoms with Crippen molar-refractivity contribution in [3.8, 4) is 84.0 Å². The third kappa shape index (κ3) is 10.7. The van der Waals surface area contributed by atoms with E-state index in [1.165, 1.54) is 0 Å². The minimum atomic E-state index is 0. The van der Waals surface area contributed by atoms with Crippen LogP contribution in [0.2, 0.25) is 0 Å². The van der Waals surface area contributed by atoms with Crippen molar-refractivity contribution in [2.45, 2.75) is 0 Å². The van der Waals surface area contributed by atoms with Gasteiger partial charge >= 0.3 is 22.4 Å². The van der Waals surface area contributed by atoms with Crippen LogP contribution in [0.3, 0.4) is 0 Å². The standard InChI is InChI=1S/3C18H14O.Nb.O/c3*19-18-16(14-8-3-1-4-9-14)12-7-13-17(18)15-10-5-2-6-11-15;;/h3*1-13,19H;;/q;;;+5;-2/p-3. The predicted octanol–water partition coefficient (Wildman–Crippen LogP) is 12.2. The number of benzene rings is 9. The smallest absolute Gasteiger partial charge is 2.00 e. The first-order valence-corrected chi connectivity index (χ1v) is 18.8. The van der Waals surface area contributed by atoms with E-state index in [9.17, 15) is 15.3 Å². The van der Waals surface area contributed by atoms with Crippen LogP contribution < -0.4 is 15.3 Å². The second-order valence-corrected chi connectivity index (χ2v) is 13.2. The predicted molar refractivity (Wildman–Crippen MR) is 231 cm³/mol. The molecule has 0 fully saturated rings. The van der Waals surface area contributed by atoms with E-state index in [2.05, 4.69) is 0 Å². The van der Waals surface area contributed by atoms with Gasteiger partial charge in [-0.05, 0) is 66.8 Å². The molecule has 0 saturated heterocycles. The maximum absolute atomic E-state index is 12.6. The van der Waals surface area contributed by atoms with E-state index >= 15 is 0 Å². The Morgan fingerprint density at radius 3 is 0.458 bits per heavy atom. The van der Waals surface area contributed by atoms with Crippen LogP contribution in [0.4, 0.5) is 0 Å². The summed E-state index contributed by atoms with van der Waals surface area (Å²) in [5.74, 6) is 0.250. The molecule has 0 amide bonds. The van der Waals surface area contributed by atoms with E-state index in [-0.39, 0.29) is 45.1 Å². The van der Waals surface area contributed by atoms with E-state index in [0.29, 0.717) is 0 Å². The van der Waals surface area contributed by atoms with Crippen LogP contribution in [0.25, 0.3) is 66.8 Å². The number of rotatable bonds is 6. The largest absolute Gasteiger partial charge is 5.00 e. The van der Waals surface area contributed by atoms with Gasteiger partial charge in [-0.2, -0.15) is 0 Å². The van der Waals surface area contributed by atoms with Gasteiger partial charge < -0.3 is 20.8 Å². The van der Waals surface area contributed by atoms with Gasteiger partial charge in [-0.1, -0.05) is 254 Å². The van der Waals surface area contributed by atoms with Crippen molar-refractivity contribution < 1.29 is 43.2 Å². The zero-order chi connectivity index (χ0) is 39.2. The molecule has 0 atom stereocenters. The molecule has 284 valence electrons. The number of para-hydroxylation sites is 3. The van der Waals surface area contributed by atoms with Gasteiger partial charge in [0.2, 0.25) is 0 Å². The van der Waals surface area contributed by atoms with Crippen LogP contribution in [0, 0.1) is 0 Å². The van der Waals surface area contributed by atoms with Crippen LogP contribution in [0.15, 0.2) is 237 Å². The van der Waals surface area contributed by atoms with Gasteiger partial charge in [-0.25, -0.2) is 0 Å². The molecule has 5 heteroatoms. The molecule has 0 heterocycles. The van der Waals surface area contributed by atoms with Crippen LogP contribution in [0.5, 0.6) is 17.2 Å². The fraction of sp³-hybridized carbons (Fsp3) is 0. The van der Waals surface area contributed by atoms with E-state index in [1.54, 1.807) is 0 Å². The Morgan fingerprint density at radius 1 is 0.186 bits per heavy atom. The topological polar surface area (TPSA) is 97.7 Å². The molecule has 0 aliphatic rings. The fourth-order valence-corrected chi connectivity index (χ4v) is 6.68. The minimum Gasteiger partial charge on any atom is -2.00 e. The SMILES string of the molecule is [Nb+5].[O-2].[O-]c1c(-c2ccccc2)cccc1-c1ccccc1.[O-]c1c(-c2ccccc2)cccc1-c1ccccc1.[O-]c1c(-c2ccccc2)cccc1-c1ccccc1. The Hall–Kier alpha value is -6.92. The average Bonchev–Trinajstić information content (AvgIpc) is 3.29. The van der Waals surface area contributed by atoms with Crippen LogP contribution in [0.1, 0.15) is 0 Å². The van der Waals surface area contributed by atoms with Crippen molar-refractivity contribution in [3.63, 3.8) is 0 Å². The van der Waals surface area contributed by atoms with Gasteiger partial charge in [0.05, 0.1) is 0 Å². The zero-order valence-corrected chi connectivity index (χ0v) is 34.3. The second-order valence-electron chi connectivity index (χ2n) is 13.2. The summed E-state index contributed by atoms with van der Waals surface area (Å²) in [6.07, 6.45) is 0. The average molecular weight is 845 g/mol. The maximum atomic E-state index is 12.6. The van der Waals surface area contributed by atoms with E-state index in [1.807, 2.05) is 237 Å². The fourth-order valence-electron chi connectivity index (χ4n) is 6.68. The van der Waals surface area contributed by atoms with Crippen molar-refractivity contribution >= 4 is 0 Å². The molecule has 0 spiro atoms. The molecule has 0 aliphatic heterocycles. The molecule has 0 aromatic heterocycles. The summed E-state index contributed by atoms with van der Waals surface area (Å²) in [5.41, 5.74) is 10.3. The van der Waals surface area contributed by atoms with Crippen molar-refractivity contribution in [1.29, 1.82) is 0 Å². The quantitative estimate of drug-likeness (QED) is 0.156. The van der Waals surface area contributed by atoms with Crippen molar-refractivity contribution in [1.82, 2.24) is 0 Å². The summed E-state index contributed by atoms with van der Waals surface area (Å²) < 4.78 is 0. The number of hydrogen-bond acceptors (Lipinski definition) is 3. The molecule has 0 radical (unpaired) electrons. The van der Waals surface area contributed by atoms with Crippen molar-refractivity contribution in [3.05, 3.63) is 237 Å². The van der Waals surface area contributed by atoms with Gasteiger partial charge in [0.15, 0.2) is 0 Å². The van der Waals surface area contributed by atoms with Gasteiger partial charge in [0.25, 0.3) is 0 Å². The van der Waals surface area contributed by atoms with E-state index < -0.39 is 0 Å². The number of hydrogen-bond donors (Lipinski definition) is 0. The summed E-state index contributed by atoms with van der Waals surface area (Å²) >= 11 is 0. The van der Waals surface area contributed by atoms with Gasteiger partial charge in [-0.15, -0.1) is 0 Å². The Labute approximate surface area is 361 Å². The molecule has 0 N–H and O–H groups in total. The first-order chi connectivity index (χ1) is 28.1. The van der Waals surface area contributed by atoms with Gasteiger partial charge in [0.1, 0.15) is 0 Å². The molecule has 0 saturated carbocycles. The van der Waals surface area contributed by atoms with Crippen molar-refractivity contribution in [2.75, 3.05) is 0 Å². The Bertz CT molecular complexity index is 2150. The molecular weight excluding hydrogens is 805 g/mol. The Kier molecular flexibility index (Phi) is 15.8. The molecule has 9 aromatic carbocycles. The molecular formula is C54H39NbO4. The molecule has 0 unspecified atom stereocenters. The van der Waals surface area contributed by atoms with Gasteiger partial charge in [-0.3, -0.25) is 0 Å². The van der Waals surface area contributed by atoms with Crippen LogP contribution in [-0.4, -0.2) is 0 Å². The summed E-state index contributed by atoms with van der Waals surface area (Å²) in [6, 6.07) is 75.8. The molecule has 0 bridgehead atoms. The molecule has 4 nitrogen and oxygen atoms in total. The Balaban J connectivity index is 0.000000165. The molecule has 59 heavy (non-hydrogen) atoms. The first kappa shape index (κ1) is 43.2. The molecule has 9 aromatic rings.